The first-order chi connectivity index (χ1) is 14.2. The first-order valence-electron chi connectivity index (χ1n) is 9.09. The zero-order valence-corrected chi connectivity index (χ0v) is 17.2. The second-order valence-electron chi connectivity index (χ2n) is 6.32. The summed E-state index contributed by atoms with van der Waals surface area (Å²) in [5.74, 6) is -1.16. The van der Waals surface area contributed by atoms with Crippen molar-refractivity contribution < 1.29 is 13.2 Å². The molecule has 0 saturated carbocycles. The first-order valence-corrected chi connectivity index (χ1v) is 9.09. The molecule has 0 aliphatic rings. The molecule has 30 heavy (non-hydrogen) atoms. The minimum Gasteiger partial charge on any atom is -0.402 e. The summed E-state index contributed by atoms with van der Waals surface area (Å²) >= 11 is 0. The third kappa shape index (κ3) is 7.87. The Balaban J connectivity index is 2.89. The van der Waals surface area contributed by atoms with Crippen molar-refractivity contribution in [3.63, 3.8) is 0 Å². The van der Waals surface area contributed by atoms with Crippen LogP contribution in [0.3, 0.4) is 0 Å². The van der Waals surface area contributed by atoms with E-state index in [-0.39, 0.29) is 12.1 Å². The fraction of sp³-hybridized carbons (Fsp3) is 0.174. The quantitative estimate of drug-likeness (QED) is 0.288. The maximum atomic E-state index is 13.7. The smallest absolute Gasteiger partial charge is 0.139 e. The van der Waals surface area contributed by atoms with Crippen molar-refractivity contribution in [1.29, 1.82) is 0 Å². The Morgan fingerprint density at radius 1 is 1.27 bits per heavy atom. The predicted molar refractivity (Wildman–Crippen MR) is 118 cm³/mol. The van der Waals surface area contributed by atoms with Gasteiger partial charge in [0.2, 0.25) is 0 Å². The molecule has 0 radical (unpaired) electrons. The van der Waals surface area contributed by atoms with Gasteiger partial charge in [-0.05, 0) is 48.8 Å². The summed E-state index contributed by atoms with van der Waals surface area (Å²) < 4.78 is 40.5. The highest BCUT2D eigenvalue weighted by molar-refractivity contribution is 5.80. The van der Waals surface area contributed by atoms with E-state index < -0.39 is 17.5 Å². The number of benzene rings is 1. The lowest BCUT2D eigenvalue weighted by molar-refractivity contribution is 0.586. The van der Waals surface area contributed by atoms with Crippen LogP contribution in [-0.4, -0.2) is 12.9 Å². The van der Waals surface area contributed by atoms with Crippen LogP contribution < -0.4 is 16.4 Å². The van der Waals surface area contributed by atoms with Crippen molar-refractivity contribution in [3.05, 3.63) is 108 Å². The van der Waals surface area contributed by atoms with Gasteiger partial charge in [0.15, 0.2) is 0 Å². The minimum absolute atomic E-state index is 0.00796. The van der Waals surface area contributed by atoms with Crippen molar-refractivity contribution in [2.24, 2.45) is 10.7 Å². The van der Waals surface area contributed by atoms with Crippen molar-refractivity contribution in [3.8, 4) is 0 Å². The molecule has 4 N–H and O–H groups in total. The van der Waals surface area contributed by atoms with Crippen LogP contribution in [0.1, 0.15) is 18.9 Å². The van der Waals surface area contributed by atoms with Crippen LogP contribution in [0.2, 0.25) is 0 Å². The summed E-state index contributed by atoms with van der Waals surface area (Å²) in [5.41, 5.74) is 7.68. The number of hydrogen-bond acceptors (Lipinski definition) is 3. The zero-order chi connectivity index (χ0) is 22.7. The van der Waals surface area contributed by atoms with Crippen LogP contribution in [-0.2, 0) is 6.54 Å². The van der Waals surface area contributed by atoms with Gasteiger partial charge in [-0.25, -0.2) is 13.2 Å². The van der Waals surface area contributed by atoms with E-state index in [0.717, 1.165) is 30.0 Å². The van der Waals surface area contributed by atoms with Crippen LogP contribution in [0, 0.1) is 11.6 Å². The molecule has 4 nitrogen and oxygen atoms in total. The van der Waals surface area contributed by atoms with E-state index in [1.54, 1.807) is 26.2 Å². The standard InChI is InChI=1S/C23H27F3N4/c1-6-18(9-15(2)22(16(3)28-5)11-21(25)12-27)13-29-17(4)30-14-19-10-20(24)7-8-23(19)26/h6-8,10-13,28H,1-3,9,14,27H2,4-5H3,(H,29,30)/b18-13+,21-12+,22-11-. The van der Waals surface area contributed by atoms with E-state index in [9.17, 15) is 13.2 Å². The fourth-order valence-electron chi connectivity index (χ4n) is 2.36. The number of hydrogen-bond donors (Lipinski definition) is 3. The van der Waals surface area contributed by atoms with Crippen molar-refractivity contribution in [2.75, 3.05) is 7.05 Å². The average molecular weight is 416 g/mol. The predicted octanol–water partition coefficient (Wildman–Crippen LogP) is 4.92. The molecule has 160 valence electrons. The molecule has 0 atom stereocenters. The second-order valence-corrected chi connectivity index (χ2v) is 6.32. The number of nitrogens with two attached hydrogens (primary N) is 1. The molecule has 0 spiro atoms. The van der Waals surface area contributed by atoms with E-state index in [0.29, 0.717) is 29.1 Å². The van der Waals surface area contributed by atoms with E-state index in [1.165, 1.54) is 6.08 Å². The molecule has 0 aliphatic heterocycles. The molecule has 1 aromatic carbocycles. The monoisotopic (exact) mass is 416 g/mol. The number of likely N-dealkylation sites (N-methyl/N-ethyl adjacent to an activating group) is 1. The summed E-state index contributed by atoms with van der Waals surface area (Å²) in [6, 6.07) is 3.23. The Labute approximate surface area is 175 Å². The molecule has 1 rings (SSSR count). The number of nitrogens with one attached hydrogen (secondary N) is 2. The molecule has 0 amide bonds. The highest BCUT2D eigenvalue weighted by Crippen LogP contribution is 2.23. The maximum absolute atomic E-state index is 13.7. The molecule has 0 bridgehead atoms. The lowest BCUT2D eigenvalue weighted by Crippen LogP contribution is -2.14. The largest absolute Gasteiger partial charge is 0.402 e. The normalized spacial score (nSPS) is 13.1. The van der Waals surface area contributed by atoms with Crippen LogP contribution in [0.15, 0.2) is 95.7 Å². The Bertz CT molecular complexity index is 924. The van der Waals surface area contributed by atoms with Gasteiger partial charge in [-0.3, -0.25) is 4.99 Å². The number of allylic oxidation sites excluding steroid dienone is 5. The van der Waals surface area contributed by atoms with Crippen molar-refractivity contribution in [2.45, 2.75) is 19.9 Å². The first kappa shape index (κ1) is 24.6. The van der Waals surface area contributed by atoms with Gasteiger partial charge in [-0.2, -0.15) is 0 Å². The summed E-state index contributed by atoms with van der Waals surface area (Å²) in [4.78, 5) is 4.20. The Morgan fingerprint density at radius 3 is 2.57 bits per heavy atom. The molecular weight excluding hydrogens is 389 g/mol. The third-order valence-electron chi connectivity index (χ3n) is 4.09. The second kappa shape index (κ2) is 12.2. The van der Waals surface area contributed by atoms with Crippen LogP contribution >= 0.6 is 0 Å². The maximum Gasteiger partial charge on any atom is 0.139 e. The molecule has 0 heterocycles. The molecule has 0 fully saturated rings. The van der Waals surface area contributed by atoms with Gasteiger partial charge in [0.05, 0.1) is 12.4 Å². The van der Waals surface area contributed by atoms with Gasteiger partial charge in [-0.15, -0.1) is 0 Å². The van der Waals surface area contributed by atoms with E-state index in [1.807, 2.05) is 0 Å². The van der Waals surface area contributed by atoms with E-state index in [4.69, 9.17) is 5.73 Å². The highest BCUT2D eigenvalue weighted by atomic mass is 19.1. The average Bonchev–Trinajstić information content (AvgIpc) is 2.74. The van der Waals surface area contributed by atoms with Crippen molar-refractivity contribution >= 4 is 5.84 Å². The Hall–Kier alpha value is -3.48. The molecule has 0 saturated heterocycles. The Kier molecular flexibility index (Phi) is 9.96. The van der Waals surface area contributed by atoms with Gasteiger partial charge >= 0.3 is 0 Å². The van der Waals surface area contributed by atoms with Crippen molar-refractivity contribution in [1.82, 2.24) is 10.6 Å². The van der Waals surface area contributed by atoms with Gasteiger partial charge < -0.3 is 16.4 Å². The minimum atomic E-state index is -0.614. The van der Waals surface area contributed by atoms with Gasteiger partial charge in [0.1, 0.15) is 17.5 Å². The third-order valence-corrected chi connectivity index (χ3v) is 4.09. The summed E-state index contributed by atoms with van der Waals surface area (Å²) in [6.07, 6.45) is 5.73. The van der Waals surface area contributed by atoms with Gasteiger partial charge in [0.25, 0.3) is 0 Å². The van der Waals surface area contributed by atoms with Crippen LogP contribution in [0.4, 0.5) is 13.2 Å². The van der Waals surface area contributed by atoms with E-state index >= 15 is 0 Å². The highest BCUT2D eigenvalue weighted by Gasteiger charge is 2.09. The van der Waals surface area contributed by atoms with Gasteiger partial charge in [0, 0.05) is 36.3 Å². The summed E-state index contributed by atoms with van der Waals surface area (Å²) in [6.45, 7) is 13.3. The lowest BCUT2D eigenvalue weighted by atomic mass is 9.97. The zero-order valence-electron chi connectivity index (χ0n) is 17.2. The summed E-state index contributed by atoms with van der Waals surface area (Å²) in [7, 11) is 1.67. The number of rotatable bonds is 10. The Morgan fingerprint density at radius 2 is 1.97 bits per heavy atom. The SMILES string of the molecule is C=C/C(=C\NC(C)=NCc1cc(F)ccc1F)CC(=C)/C(=C/C(F)=C\N)C(=C)NC. The lowest BCUT2D eigenvalue weighted by Gasteiger charge is -2.14. The molecule has 0 unspecified atom stereocenters. The number of aliphatic imine (C=N–C) groups is 1. The fourth-order valence-corrected chi connectivity index (χ4v) is 2.36. The molecule has 0 aliphatic carbocycles. The topological polar surface area (TPSA) is 62.4 Å². The molecule has 1 aromatic rings. The molecule has 0 aromatic heterocycles. The van der Waals surface area contributed by atoms with Crippen LogP contribution in [0.5, 0.6) is 0 Å². The van der Waals surface area contributed by atoms with Gasteiger partial charge in [-0.1, -0.05) is 25.8 Å². The number of nitrogens with zero attached hydrogens (tertiary/aromatic N) is 1. The number of amidine groups is 1. The number of halogens is 3. The van der Waals surface area contributed by atoms with E-state index in [2.05, 4.69) is 35.4 Å². The van der Waals surface area contributed by atoms with Crippen LogP contribution in [0.25, 0.3) is 0 Å². The molecule has 7 heteroatoms. The summed E-state index contributed by atoms with van der Waals surface area (Å²) in [5, 5.41) is 5.84. The molecular formula is C23H27F3N4.